The molecule has 0 saturated carbocycles. The molecule has 128 valence electrons. The normalized spacial score (nSPS) is 10.8. The first-order chi connectivity index (χ1) is 12.8. The lowest BCUT2D eigenvalue weighted by molar-refractivity contribution is 0.102. The van der Waals surface area contributed by atoms with Gasteiger partial charge in [-0.1, -0.05) is 42.1 Å². The quantitative estimate of drug-likeness (QED) is 0.484. The maximum absolute atomic E-state index is 12.2. The van der Waals surface area contributed by atoms with Crippen LogP contribution < -0.4 is 5.32 Å². The first-order valence-electron chi connectivity index (χ1n) is 8.08. The van der Waals surface area contributed by atoms with Crippen LogP contribution in [0, 0.1) is 0 Å². The van der Waals surface area contributed by atoms with Gasteiger partial charge < -0.3 is 5.32 Å². The Kier molecular flexibility index (Phi) is 4.95. The van der Waals surface area contributed by atoms with Crippen LogP contribution in [0.3, 0.4) is 0 Å². The molecular weight excluding hydrogens is 362 g/mol. The van der Waals surface area contributed by atoms with Crippen molar-refractivity contribution in [3.63, 3.8) is 0 Å². The number of nitrogens with zero attached hydrogens (tertiary/aromatic N) is 2. The molecule has 2 aromatic carbocycles. The number of benzene rings is 2. The number of carbonyl (C=O) groups excluding carboxylic acids is 1. The number of fused-ring (bicyclic) bond motifs is 1. The molecule has 1 amide bonds. The lowest BCUT2D eigenvalue weighted by Gasteiger charge is -2.05. The van der Waals surface area contributed by atoms with Crippen molar-refractivity contribution < 1.29 is 4.79 Å². The maximum atomic E-state index is 12.2. The number of anilines is 1. The Hall–Kier alpha value is -2.70. The second-order valence-electron chi connectivity index (χ2n) is 5.60. The zero-order valence-corrected chi connectivity index (χ0v) is 15.4. The molecule has 0 spiro atoms. The molecule has 0 radical (unpaired) electrons. The highest BCUT2D eigenvalue weighted by molar-refractivity contribution is 8.00. The summed E-state index contributed by atoms with van der Waals surface area (Å²) >= 11 is 3.42. The molecule has 0 atom stereocenters. The smallest absolute Gasteiger partial charge is 0.256 e. The van der Waals surface area contributed by atoms with Crippen LogP contribution >= 0.6 is 23.1 Å². The SMILES string of the molecule is O=C(Nc1ccccn1)c1ccc(CSc2nc3ccccc3s2)cc1. The molecule has 4 rings (SSSR count). The molecule has 0 saturated heterocycles. The monoisotopic (exact) mass is 377 g/mol. The predicted molar refractivity (Wildman–Crippen MR) is 108 cm³/mol. The Bertz CT molecular complexity index is 997. The van der Waals surface area contributed by atoms with Crippen molar-refractivity contribution in [3.05, 3.63) is 84.1 Å². The molecule has 4 aromatic rings. The van der Waals surface area contributed by atoms with E-state index in [0.717, 1.165) is 21.2 Å². The Balaban J connectivity index is 1.38. The molecule has 26 heavy (non-hydrogen) atoms. The summed E-state index contributed by atoms with van der Waals surface area (Å²) in [4.78, 5) is 21.0. The molecule has 6 heteroatoms. The summed E-state index contributed by atoms with van der Waals surface area (Å²) in [6, 6.07) is 21.2. The van der Waals surface area contributed by atoms with Gasteiger partial charge in [-0.05, 0) is 42.0 Å². The lowest BCUT2D eigenvalue weighted by atomic mass is 10.1. The second-order valence-corrected chi connectivity index (χ2v) is 7.86. The van der Waals surface area contributed by atoms with Crippen molar-refractivity contribution in [1.29, 1.82) is 0 Å². The van der Waals surface area contributed by atoms with E-state index in [1.165, 1.54) is 4.70 Å². The van der Waals surface area contributed by atoms with E-state index in [1.54, 1.807) is 35.4 Å². The van der Waals surface area contributed by atoms with Crippen molar-refractivity contribution in [2.75, 3.05) is 5.32 Å². The molecule has 0 unspecified atom stereocenters. The number of hydrogen-bond donors (Lipinski definition) is 1. The van der Waals surface area contributed by atoms with E-state index in [0.29, 0.717) is 11.4 Å². The average molecular weight is 377 g/mol. The van der Waals surface area contributed by atoms with Gasteiger partial charge in [0.05, 0.1) is 10.2 Å². The van der Waals surface area contributed by atoms with Crippen LogP contribution in [0.2, 0.25) is 0 Å². The minimum Gasteiger partial charge on any atom is -0.307 e. The number of carbonyl (C=O) groups is 1. The van der Waals surface area contributed by atoms with E-state index < -0.39 is 0 Å². The summed E-state index contributed by atoms with van der Waals surface area (Å²) in [5.74, 6) is 1.21. The van der Waals surface area contributed by atoms with Crippen LogP contribution in [0.15, 0.2) is 77.3 Å². The number of rotatable bonds is 5. The highest BCUT2D eigenvalue weighted by Gasteiger charge is 2.08. The van der Waals surface area contributed by atoms with Gasteiger partial charge in [0, 0.05) is 17.5 Å². The van der Waals surface area contributed by atoms with Gasteiger partial charge in [-0.25, -0.2) is 9.97 Å². The van der Waals surface area contributed by atoms with E-state index >= 15 is 0 Å². The number of amides is 1. The minimum atomic E-state index is -0.158. The zero-order valence-electron chi connectivity index (χ0n) is 13.8. The van der Waals surface area contributed by atoms with Crippen LogP contribution in [-0.2, 0) is 5.75 Å². The summed E-state index contributed by atoms with van der Waals surface area (Å²) in [7, 11) is 0. The van der Waals surface area contributed by atoms with Gasteiger partial charge in [0.15, 0.2) is 4.34 Å². The van der Waals surface area contributed by atoms with Gasteiger partial charge in [-0.3, -0.25) is 4.79 Å². The Morgan fingerprint density at radius 3 is 2.58 bits per heavy atom. The number of hydrogen-bond acceptors (Lipinski definition) is 5. The average Bonchev–Trinajstić information content (AvgIpc) is 3.10. The van der Waals surface area contributed by atoms with Crippen molar-refractivity contribution in [2.45, 2.75) is 10.1 Å². The fourth-order valence-electron chi connectivity index (χ4n) is 2.44. The number of aromatic nitrogens is 2. The molecule has 0 aliphatic rings. The van der Waals surface area contributed by atoms with E-state index in [9.17, 15) is 4.79 Å². The molecule has 0 aliphatic carbocycles. The largest absolute Gasteiger partial charge is 0.307 e. The number of para-hydroxylation sites is 1. The number of thioether (sulfide) groups is 1. The topological polar surface area (TPSA) is 54.9 Å². The minimum absolute atomic E-state index is 0.158. The number of pyridine rings is 1. The lowest BCUT2D eigenvalue weighted by Crippen LogP contribution is -2.12. The Morgan fingerprint density at radius 1 is 1.00 bits per heavy atom. The Labute approximate surface area is 159 Å². The third-order valence-corrected chi connectivity index (χ3v) is 6.01. The third kappa shape index (κ3) is 3.92. The molecule has 2 aromatic heterocycles. The second kappa shape index (κ2) is 7.68. The number of thiazole rings is 1. The standard InChI is InChI=1S/C20H15N3OS2/c24-19(23-18-7-3-4-12-21-18)15-10-8-14(9-11-15)13-25-20-22-16-5-1-2-6-17(16)26-20/h1-12H,13H2,(H,21,23,24). The van der Waals surface area contributed by atoms with E-state index in [4.69, 9.17) is 0 Å². The molecule has 0 fully saturated rings. The summed E-state index contributed by atoms with van der Waals surface area (Å²) in [5.41, 5.74) is 2.81. The van der Waals surface area contributed by atoms with E-state index in [-0.39, 0.29) is 5.91 Å². The molecular formula is C20H15N3OS2. The fourth-order valence-corrected chi connectivity index (χ4v) is 4.46. The number of nitrogens with one attached hydrogen (secondary N) is 1. The van der Waals surface area contributed by atoms with Gasteiger partial charge in [-0.15, -0.1) is 11.3 Å². The van der Waals surface area contributed by atoms with Crippen LogP contribution in [0.25, 0.3) is 10.2 Å². The Morgan fingerprint density at radius 2 is 1.81 bits per heavy atom. The van der Waals surface area contributed by atoms with Crippen molar-refractivity contribution in [3.8, 4) is 0 Å². The van der Waals surface area contributed by atoms with Crippen LogP contribution in [0.4, 0.5) is 5.82 Å². The van der Waals surface area contributed by atoms with Crippen LogP contribution in [0.1, 0.15) is 15.9 Å². The van der Waals surface area contributed by atoms with Crippen molar-refractivity contribution in [1.82, 2.24) is 9.97 Å². The fraction of sp³-hybridized carbons (Fsp3) is 0.0500. The summed E-state index contributed by atoms with van der Waals surface area (Å²) in [6.07, 6.45) is 1.65. The third-order valence-electron chi connectivity index (χ3n) is 3.76. The summed E-state index contributed by atoms with van der Waals surface area (Å²) < 4.78 is 2.26. The highest BCUT2D eigenvalue weighted by atomic mass is 32.2. The van der Waals surface area contributed by atoms with Gasteiger partial charge in [0.1, 0.15) is 5.82 Å². The molecule has 1 N–H and O–H groups in total. The predicted octanol–water partition coefficient (Wildman–Crippen LogP) is 5.24. The molecule has 2 heterocycles. The molecule has 4 nitrogen and oxygen atoms in total. The van der Waals surface area contributed by atoms with E-state index in [2.05, 4.69) is 21.4 Å². The summed E-state index contributed by atoms with van der Waals surface area (Å²) in [5, 5.41) is 2.79. The first kappa shape index (κ1) is 16.8. The molecule has 0 aliphatic heterocycles. The van der Waals surface area contributed by atoms with Gasteiger partial charge >= 0.3 is 0 Å². The van der Waals surface area contributed by atoms with Crippen LogP contribution in [0.5, 0.6) is 0 Å². The first-order valence-corrected chi connectivity index (χ1v) is 9.88. The van der Waals surface area contributed by atoms with E-state index in [1.807, 2.05) is 54.6 Å². The molecule has 0 bridgehead atoms. The van der Waals surface area contributed by atoms with Gasteiger partial charge in [0.2, 0.25) is 0 Å². The van der Waals surface area contributed by atoms with Crippen molar-refractivity contribution in [2.24, 2.45) is 0 Å². The van der Waals surface area contributed by atoms with Crippen molar-refractivity contribution >= 4 is 45.0 Å². The zero-order chi connectivity index (χ0) is 17.8. The summed E-state index contributed by atoms with van der Waals surface area (Å²) in [6.45, 7) is 0. The maximum Gasteiger partial charge on any atom is 0.256 e. The highest BCUT2D eigenvalue weighted by Crippen LogP contribution is 2.31. The van der Waals surface area contributed by atoms with Crippen LogP contribution in [-0.4, -0.2) is 15.9 Å². The van der Waals surface area contributed by atoms with Gasteiger partial charge in [0.25, 0.3) is 5.91 Å². The van der Waals surface area contributed by atoms with Gasteiger partial charge in [-0.2, -0.15) is 0 Å².